The number of nitrogens with one attached hydrogen (secondary N) is 1. The Balaban J connectivity index is 3.06. The first-order valence-corrected chi connectivity index (χ1v) is 5.48. The largest absolute Gasteiger partial charge is 0.385 e. The highest BCUT2D eigenvalue weighted by Crippen LogP contribution is 1.98. The summed E-state index contributed by atoms with van der Waals surface area (Å²) in [4.78, 5) is 0. The van der Waals surface area contributed by atoms with E-state index in [1.165, 1.54) is 0 Å². The van der Waals surface area contributed by atoms with Crippen molar-refractivity contribution in [1.82, 2.24) is 5.32 Å². The Labute approximate surface area is 88.2 Å². The molecule has 3 heteroatoms. The van der Waals surface area contributed by atoms with Crippen molar-refractivity contribution in [2.75, 3.05) is 33.5 Å². The number of hydrogen-bond donors (Lipinski definition) is 1. The predicted molar refractivity (Wildman–Crippen MR) is 59.6 cm³/mol. The minimum Gasteiger partial charge on any atom is -0.385 e. The number of ether oxygens (including phenoxy) is 2. The normalized spacial score (nSPS) is 13.5. The second-order valence-corrected chi connectivity index (χ2v) is 3.95. The summed E-state index contributed by atoms with van der Waals surface area (Å²) in [6.07, 6.45) is 0.982. The van der Waals surface area contributed by atoms with Crippen molar-refractivity contribution in [2.45, 2.75) is 33.2 Å². The Bertz CT molecular complexity index is 118. The monoisotopic (exact) mass is 203 g/mol. The van der Waals surface area contributed by atoms with Gasteiger partial charge in [-0.2, -0.15) is 0 Å². The number of rotatable bonds is 9. The average molecular weight is 203 g/mol. The molecule has 0 aromatic carbocycles. The molecule has 1 atom stereocenters. The highest BCUT2D eigenvalue weighted by molar-refractivity contribution is 4.63. The van der Waals surface area contributed by atoms with Crippen molar-refractivity contribution >= 4 is 0 Å². The van der Waals surface area contributed by atoms with E-state index in [-0.39, 0.29) is 0 Å². The summed E-state index contributed by atoms with van der Waals surface area (Å²) in [5.74, 6) is 0.684. The van der Waals surface area contributed by atoms with E-state index in [0.717, 1.165) is 32.8 Å². The molecule has 0 fully saturated rings. The van der Waals surface area contributed by atoms with Gasteiger partial charge in [0.25, 0.3) is 0 Å². The zero-order valence-electron chi connectivity index (χ0n) is 10.0. The van der Waals surface area contributed by atoms with Gasteiger partial charge in [0.2, 0.25) is 0 Å². The molecule has 1 N–H and O–H groups in total. The first-order chi connectivity index (χ1) is 6.68. The van der Waals surface area contributed by atoms with Gasteiger partial charge in [-0.15, -0.1) is 0 Å². The van der Waals surface area contributed by atoms with Gasteiger partial charge in [0.15, 0.2) is 0 Å². The van der Waals surface area contributed by atoms with Crippen LogP contribution in [0.4, 0.5) is 0 Å². The van der Waals surface area contributed by atoms with Crippen molar-refractivity contribution in [3.05, 3.63) is 0 Å². The maximum atomic E-state index is 5.42. The van der Waals surface area contributed by atoms with E-state index in [1.54, 1.807) is 7.11 Å². The molecular formula is C11H25NO2. The molecule has 0 aromatic rings. The van der Waals surface area contributed by atoms with E-state index < -0.39 is 0 Å². The van der Waals surface area contributed by atoms with E-state index >= 15 is 0 Å². The quantitative estimate of drug-likeness (QED) is 0.578. The number of hydrogen-bond acceptors (Lipinski definition) is 3. The van der Waals surface area contributed by atoms with Crippen LogP contribution >= 0.6 is 0 Å². The molecular weight excluding hydrogens is 178 g/mol. The van der Waals surface area contributed by atoms with Crippen molar-refractivity contribution < 1.29 is 9.47 Å². The van der Waals surface area contributed by atoms with Gasteiger partial charge in [0.05, 0.1) is 6.61 Å². The molecule has 0 heterocycles. The SMILES string of the molecule is COCCCOCCNC(C)C(C)C. The van der Waals surface area contributed by atoms with Crippen LogP contribution < -0.4 is 5.32 Å². The van der Waals surface area contributed by atoms with Crippen LogP contribution in [0, 0.1) is 5.92 Å². The highest BCUT2D eigenvalue weighted by atomic mass is 16.5. The standard InChI is InChI=1S/C11H25NO2/c1-10(2)11(3)12-6-9-14-8-5-7-13-4/h10-12H,5-9H2,1-4H3. The summed E-state index contributed by atoms with van der Waals surface area (Å²) < 4.78 is 10.3. The van der Waals surface area contributed by atoms with Crippen molar-refractivity contribution in [3.63, 3.8) is 0 Å². The third-order valence-electron chi connectivity index (χ3n) is 2.35. The average Bonchev–Trinajstić information content (AvgIpc) is 2.16. The Morgan fingerprint density at radius 1 is 1.07 bits per heavy atom. The third kappa shape index (κ3) is 8.48. The van der Waals surface area contributed by atoms with Gasteiger partial charge < -0.3 is 14.8 Å². The van der Waals surface area contributed by atoms with Gasteiger partial charge in [-0.25, -0.2) is 0 Å². The van der Waals surface area contributed by atoms with Gasteiger partial charge in [0.1, 0.15) is 0 Å². The summed E-state index contributed by atoms with van der Waals surface area (Å²) in [7, 11) is 1.71. The number of methoxy groups -OCH3 is 1. The van der Waals surface area contributed by atoms with Crippen LogP contribution in [-0.4, -0.2) is 39.5 Å². The molecule has 0 aliphatic heterocycles. The lowest BCUT2D eigenvalue weighted by Gasteiger charge is -2.17. The summed E-state index contributed by atoms with van der Waals surface area (Å²) in [6, 6.07) is 0.567. The molecule has 0 saturated carbocycles. The first kappa shape index (κ1) is 13.9. The second kappa shape index (κ2) is 9.44. The fraction of sp³-hybridized carbons (Fsp3) is 1.00. The van der Waals surface area contributed by atoms with Crippen LogP contribution in [0.1, 0.15) is 27.2 Å². The van der Waals surface area contributed by atoms with E-state index in [2.05, 4.69) is 26.1 Å². The Morgan fingerprint density at radius 2 is 1.79 bits per heavy atom. The Morgan fingerprint density at radius 3 is 2.36 bits per heavy atom. The smallest absolute Gasteiger partial charge is 0.0591 e. The molecule has 0 saturated heterocycles. The molecule has 0 aliphatic rings. The summed E-state index contributed by atoms with van der Waals surface area (Å²) in [5, 5.41) is 3.42. The molecule has 0 amide bonds. The lowest BCUT2D eigenvalue weighted by molar-refractivity contribution is 0.102. The lowest BCUT2D eigenvalue weighted by atomic mass is 10.1. The minimum atomic E-state index is 0.567. The maximum absolute atomic E-state index is 5.42. The van der Waals surface area contributed by atoms with Crippen LogP contribution in [0.3, 0.4) is 0 Å². The molecule has 1 unspecified atom stereocenters. The van der Waals surface area contributed by atoms with Crippen LogP contribution in [0.5, 0.6) is 0 Å². The van der Waals surface area contributed by atoms with E-state index in [9.17, 15) is 0 Å². The Kier molecular flexibility index (Phi) is 9.35. The summed E-state index contributed by atoms with van der Waals surface area (Å²) in [5.41, 5.74) is 0. The lowest BCUT2D eigenvalue weighted by Crippen LogP contribution is -2.33. The van der Waals surface area contributed by atoms with Crippen molar-refractivity contribution in [3.8, 4) is 0 Å². The molecule has 14 heavy (non-hydrogen) atoms. The predicted octanol–water partition coefficient (Wildman–Crippen LogP) is 1.67. The van der Waals surface area contributed by atoms with E-state index in [4.69, 9.17) is 9.47 Å². The summed E-state index contributed by atoms with van der Waals surface area (Å²) in [6.45, 7) is 9.96. The molecule has 0 spiro atoms. The second-order valence-electron chi connectivity index (χ2n) is 3.95. The van der Waals surface area contributed by atoms with Crippen LogP contribution in [0.2, 0.25) is 0 Å². The topological polar surface area (TPSA) is 30.5 Å². The highest BCUT2D eigenvalue weighted by Gasteiger charge is 2.04. The van der Waals surface area contributed by atoms with Crippen LogP contribution in [-0.2, 0) is 9.47 Å². The first-order valence-electron chi connectivity index (χ1n) is 5.48. The van der Waals surface area contributed by atoms with Gasteiger partial charge in [-0.1, -0.05) is 13.8 Å². The van der Waals surface area contributed by atoms with Gasteiger partial charge >= 0.3 is 0 Å². The van der Waals surface area contributed by atoms with Gasteiger partial charge in [-0.05, 0) is 19.3 Å². The van der Waals surface area contributed by atoms with Crippen molar-refractivity contribution in [1.29, 1.82) is 0 Å². The Hall–Kier alpha value is -0.120. The molecule has 3 nitrogen and oxygen atoms in total. The fourth-order valence-electron chi connectivity index (χ4n) is 1.00. The van der Waals surface area contributed by atoms with E-state index in [1.807, 2.05) is 0 Å². The zero-order chi connectivity index (χ0) is 10.8. The molecule has 0 rings (SSSR count). The molecule has 0 aromatic heterocycles. The van der Waals surface area contributed by atoms with Crippen molar-refractivity contribution in [2.24, 2.45) is 5.92 Å². The maximum Gasteiger partial charge on any atom is 0.0591 e. The third-order valence-corrected chi connectivity index (χ3v) is 2.35. The fourth-order valence-corrected chi connectivity index (χ4v) is 1.00. The van der Waals surface area contributed by atoms with Gasteiger partial charge in [0, 0.05) is 32.9 Å². The summed E-state index contributed by atoms with van der Waals surface area (Å²) >= 11 is 0. The zero-order valence-corrected chi connectivity index (χ0v) is 10.0. The molecule has 86 valence electrons. The van der Waals surface area contributed by atoms with Crippen LogP contribution in [0.25, 0.3) is 0 Å². The minimum absolute atomic E-state index is 0.567. The molecule has 0 bridgehead atoms. The van der Waals surface area contributed by atoms with E-state index in [0.29, 0.717) is 12.0 Å². The molecule has 0 radical (unpaired) electrons. The molecule has 0 aliphatic carbocycles. The van der Waals surface area contributed by atoms with Crippen LogP contribution in [0.15, 0.2) is 0 Å². The van der Waals surface area contributed by atoms with Gasteiger partial charge in [-0.3, -0.25) is 0 Å².